The van der Waals surface area contributed by atoms with Crippen molar-refractivity contribution in [1.82, 2.24) is 0 Å². The van der Waals surface area contributed by atoms with E-state index in [9.17, 15) is 9.59 Å². The second-order valence-electron chi connectivity index (χ2n) is 5.86. The van der Waals surface area contributed by atoms with Gasteiger partial charge in [0.25, 0.3) is 5.91 Å². The summed E-state index contributed by atoms with van der Waals surface area (Å²) in [6.45, 7) is 1.41. The molecule has 0 unspecified atom stereocenters. The maximum Gasteiger partial charge on any atom is 0.262 e. The van der Waals surface area contributed by atoms with Crippen LogP contribution in [0.1, 0.15) is 24.7 Å². The molecule has 0 fully saturated rings. The Morgan fingerprint density at radius 3 is 2.19 bits per heavy atom. The molecule has 3 aromatic carbocycles. The van der Waals surface area contributed by atoms with E-state index in [2.05, 4.69) is 5.32 Å². The minimum atomic E-state index is -0.259. The maximum atomic E-state index is 12.1. The van der Waals surface area contributed by atoms with E-state index in [1.165, 1.54) is 6.92 Å². The van der Waals surface area contributed by atoms with Gasteiger partial charge in [0.1, 0.15) is 5.75 Å². The van der Waals surface area contributed by atoms with E-state index in [1.807, 2.05) is 54.6 Å². The van der Waals surface area contributed by atoms with Crippen molar-refractivity contribution in [3.05, 3.63) is 84.4 Å². The number of nitrogens with one attached hydrogen (secondary N) is 1. The van der Waals surface area contributed by atoms with Gasteiger partial charge < -0.3 is 10.1 Å². The van der Waals surface area contributed by atoms with E-state index >= 15 is 0 Å². The standard InChI is InChI=1S/C22H19NO3.CH4/c1-16(24)17-10-12-20(13-11-17)23-22(25)15-26-21-9-5-8-19(14-21)18-6-3-2-4-7-18;/h2-14H,15H2,1H3,(H,23,25);1H4. The SMILES string of the molecule is C.CC(=O)c1ccc(NC(=O)COc2cccc(-c3ccccc3)c2)cc1. The van der Waals surface area contributed by atoms with E-state index in [0.29, 0.717) is 17.0 Å². The number of hydrogen-bond acceptors (Lipinski definition) is 3. The molecule has 138 valence electrons. The third-order valence-electron chi connectivity index (χ3n) is 3.89. The zero-order chi connectivity index (χ0) is 18.4. The Morgan fingerprint density at radius 2 is 1.52 bits per heavy atom. The second-order valence-corrected chi connectivity index (χ2v) is 5.86. The molecule has 3 rings (SSSR count). The van der Waals surface area contributed by atoms with E-state index < -0.39 is 0 Å². The van der Waals surface area contributed by atoms with Crippen LogP contribution in [0.15, 0.2) is 78.9 Å². The molecule has 0 atom stereocenters. The van der Waals surface area contributed by atoms with Crippen LogP contribution in [0.5, 0.6) is 5.75 Å². The number of Topliss-reactive ketones (excluding diaryl/α,β-unsaturated/α-hetero) is 1. The molecule has 3 aromatic rings. The van der Waals surface area contributed by atoms with Crippen LogP contribution in [-0.2, 0) is 4.79 Å². The predicted molar refractivity (Wildman–Crippen MR) is 109 cm³/mol. The van der Waals surface area contributed by atoms with Crippen molar-refractivity contribution in [2.75, 3.05) is 11.9 Å². The summed E-state index contributed by atoms with van der Waals surface area (Å²) in [6.07, 6.45) is 0. The van der Waals surface area contributed by atoms with Gasteiger partial charge >= 0.3 is 0 Å². The van der Waals surface area contributed by atoms with Gasteiger partial charge in [0.15, 0.2) is 12.4 Å². The quantitative estimate of drug-likeness (QED) is 0.613. The molecule has 4 heteroatoms. The van der Waals surface area contributed by atoms with Crippen molar-refractivity contribution in [2.24, 2.45) is 0 Å². The number of benzene rings is 3. The molecule has 0 aliphatic carbocycles. The van der Waals surface area contributed by atoms with Gasteiger partial charge in [0.05, 0.1) is 0 Å². The number of carbonyl (C=O) groups excluding carboxylic acids is 2. The van der Waals surface area contributed by atoms with Gasteiger partial charge in [-0.2, -0.15) is 0 Å². The predicted octanol–water partition coefficient (Wildman–Crippen LogP) is 5.21. The zero-order valence-corrected chi connectivity index (χ0v) is 14.4. The number of amides is 1. The first-order valence-electron chi connectivity index (χ1n) is 8.31. The Labute approximate surface area is 159 Å². The molecular formula is C23H23NO3. The Kier molecular flexibility index (Phi) is 6.89. The van der Waals surface area contributed by atoms with Crippen molar-refractivity contribution in [3.8, 4) is 16.9 Å². The van der Waals surface area contributed by atoms with Gasteiger partial charge in [-0.15, -0.1) is 0 Å². The highest BCUT2D eigenvalue weighted by atomic mass is 16.5. The summed E-state index contributed by atoms with van der Waals surface area (Å²) in [5, 5.41) is 2.75. The van der Waals surface area contributed by atoms with Gasteiger partial charge in [-0.3, -0.25) is 9.59 Å². The first-order valence-corrected chi connectivity index (χ1v) is 8.31. The fourth-order valence-corrected chi connectivity index (χ4v) is 2.53. The molecule has 0 aliphatic rings. The summed E-state index contributed by atoms with van der Waals surface area (Å²) in [7, 11) is 0. The Bertz CT molecular complexity index is 902. The summed E-state index contributed by atoms with van der Waals surface area (Å²) < 4.78 is 5.60. The number of ketones is 1. The van der Waals surface area contributed by atoms with E-state index in [4.69, 9.17) is 4.74 Å². The molecule has 4 nitrogen and oxygen atoms in total. The van der Waals surface area contributed by atoms with Crippen molar-refractivity contribution in [1.29, 1.82) is 0 Å². The third-order valence-corrected chi connectivity index (χ3v) is 3.89. The van der Waals surface area contributed by atoms with Crippen LogP contribution in [0.3, 0.4) is 0 Å². The van der Waals surface area contributed by atoms with Crippen LogP contribution < -0.4 is 10.1 Å². The first-order chi connectivity index (χ1) is 12.6. The molecule has 1 N–H and O–H groups in total. The molecule has 0 saturated heterocycles. The highest BCUT2D eigenvalue weighted by Crippen LogP contribution is 2.23. The lowest BCUT2D eigenvalue weighted by Gasteiger charge is -2.09. The highest BCUT2D eigenvalue weighted by molar-refractivity contribution is 5.95. The minimum absolute atomic E-state index is 0. The Balaban J connectivity index is 0.00000261. The van der Waals surface area contributed by atoms with Crippen molar-refractivity contribution in [2.45, 2.75) is 14.4 Å². The van der Waals surface area contributed by atoms with Gasteiger partial charge in [0, 0.05) is 11.3 Å². The van der Waals surface area contributed by atoms with Crippen LogP contribution in [0.2, 0.25) is 0 Å². The third kappa shape index (κ3) is 5.54. The fourth-order valence-electron chi connectivity index (χ4n) is 2.53. The number of carbonyl (C=O) groups is 2. The number of ether oxygens (including phenoxy) is 1. The summed E-state index contributed by atoms with van der Waals surface area (Å²) >= 11 is 0. The molecule has 0 aliphatic heterocycles. The molecule has 0 heterocycles. The molecule has 0 spiro atoms. The van der Waals surface area contributed by atoms with Crippen LogP contribution in [0.25, 0.3) is 11.1 Å². The molecule has 27 heavy (non-hydrogen) atoms. The van der Waals surface area contributed by atoms with Crippen LogP contribution in [0.4, 0.5) is 5.69 Å². The fraction of sp³-hybridized carbons (Fsp3) is 0.130. The normalized spacial score (nSPS) is 9.81. The summed E-state index contributed by atoms with van der Waals surface area (Å²) in [6, 6.07) is 24.4. The maximum absolute atomic E-state index is 12.1. The zero-order valence-electron chi connectivity index (χ0n) is 14.4. The molecule has 1 amide bonds. The highest BCUT2D eigenvalue weighted by Gasteiger charge is 2.06. The molecular weight excluding hydrogens is 338 g/mol. The van der Waals surface area contributed by atoms with Gasteiger partial charge in [0.2, 0.25) is 0 Å². The summed E-state index contributed by atoms with van der Waals surface area (Å²) in [5.41, 5.74) is 3.36. The smallest absolute Gasteiger partial charge is 0.262 e. The summed E-state index contributed by atoms with van der Waals surface area (Å²) in [4.78, 5) is 23.3. The van der Waals surface area contributed by atoms with E-state index in [-0.39, 0.29) is 25.7 Å². The summed E-state index contributed by atoms with van der Waals surface area (Å²) in [5.74, 6) is 0.364. The van der Waals surface area contributed by atoms with E-state index in [1.54, 1.807) is 24.3 Å². The van der Waals surface area contributed by atoms with Crippen molar-refractivity contribution in [3.63, 3.8) is 0 Å². The molecule has 0 saturated carbocycles. The van der Waals surface area contributed by atoms with Crippen LogP contribution in [0, 0.1) is 0 Å². The lowest BCUT2D eigenvalue weighted by molar-refractivity contribution is -0.118. The monoisotopic (exact) mass is 361 g/mol. The van der Waals surface area contributed by atoms with Gasteiger partial charge in [-0.25, -0.2) is 0 Å². The number of hydrogen-bond donors (Lipinski definition) is 1. The average Bonchev–Trinajstić information content (AvgIpc) is 2.68. The minimum Gasteiger partial charge on any atom is -0.484 e. The average molecular weight is 361 g/mol. The molecule has 0 aromatic heterocycles. The Morgan fingerprint density at radius 1 is 0.852 bits per heavy atom. The number of rotatable bonds is 6. The topological polar surface area (TPSA) is 55.4 Å². The van der Waals surface area contributed by atoms with Gasteiger partial charge in [-0.05, 0) is 54.4 Å². The van der Waals surface area contributed by atoms with E-state index in [0.717, 1.165) is 11.1 Å². The van der Waals surface area contributed by atoms with Gasteiger partial charge in [-0.1, -0.05) is 49.9 Å². The lowest BCUT2D eigenvalue weighted by Crippen LogP contribution is -2.20. The lowest BCUT2D eigenvalue weighted by atomic mass is 10.1. The van der Waals surface area contributed by atoms with Crippen molar-refractivity contribution < 1.29 is 14.3 Å². The van der Waals surface area contributed by atoms with Crippen LogP contribution in [-0.4, -0.2) is 18.3 Å². The molecule has 0 bridgehead atoms. The number of anilines is 1. The Hall–Kier alpha value is -3.40. The first kappa shape index (κ1) is 19.9. The van der Waals surface area contributed by atoms with Crippen LogP contribution >= 0.6 is 0 Å². The molecule has 0 radical (unpaired) electrons. The second kappa shape index (κ2) is 9.34. The van der Waals surface area contributed by atoms with Crippen molar-refractivity contribution >= 4 is 17.4 Å². The largest absolute Gasteiger partial charge is 0.484 e.